The van der Waals surface area contributed by atoms with Gasteiger partial charge in [0.15, 0.2) is 5.78 Å². The monoisotopic (exact) mass is 424 g/mol. The molecule has 5 aromatic rings. The first-order valence-corrected chi connectivity index (χ1v) is 10.3. The SMILES string of the molecule is CCc1cnc(CC(=O)c2cccc3[nH]c(NC(=O)c4cc5ccccc5cn4)nc23)[nH]1. The topological polar surface area (TPSA) is 116 Å². The number of amides is 1. The number of imidazole rings is 2. The Morgan fingerprint density at radius 1 is 0.969 bits per heavy atom. The molecule has 3 heterocycles. The fraction of sp³-hybridized carbons (Fsp3) is 0.125. The van der Waals surface area contributed by atoms with Crippen molar-refractivity contribution in [2.45, 2.75) is 19.8 Å². The quantitative estimate of drug-likeness (QED) is 0.355. The minimum Gasteiger partial charge on any atom is -0.346 e. The Hall–Kier alpha value is -4.33. The molecule has 0 aliphatic carbocycles. The summed E-state index contributed by atoms with van der Waals surface area (Å²) in [5.41, 5.74) is 2.90. The second kappa shape index (κ2) is 8.07. The van der Waals surface area contributed by atoms with Crippen LogP contribution in [0.4, 0.5) is 5.95 Å². The van der Waals surface area contributed by atoms with Crippen molar-refractivity contribution in [3.63, 3.8) is 0 Å². The molecular weight excluding hydrogens is 404 g/mol. The molecule has 0 radical (unpaired) electrons. The van der Waals surface area contributed by atoms with E-state index in [0.717, 1.165) is 22.9 Å². The number of Topliss-reactive ketones (excluding diaryl/α,β-unsaturated/α-hetero) is 1. The third-order valence-corrected chi connectivity index (χ3v) is 5.30. The number of nitrogens with one attached hydrogen (secondary N) is 3. The first kappa shape index (κ1) is 19.6. The smallest absolute Gasteiger partial charge is 0.276 e. The van der Waals surface area contributed by atoms with Gasteiger partial charge < -0.3 is 9.97 Å². The Morgan fingerprint density at radius 3 is 2.62 bits per heavy atom. The van der Waals surface area contributed by atoms with E-state index in [2.05, 4.69) is 30.2 Å². The standard InChI is InChI=1S/C24H20N6O2/c1-2-16-13-26-21(27-16)11-20(31)17-8-5-9-18-22(17)29-24(28-18)30-23(32)19-10-14-6-3-4-7-15(14)12-25-19/h3-10,12-13H,2,11H2,1H3,(H,26,27)(H2,28,29,30,32). The molecule has 0 fully saturated rings. The molecule has 2 aromatic carbocycles. The number of rotatable bonds is 6. The number of carbonyl (C=O) groups excluding carboxylic acids is 2. The van der Waals surface area contributed by atoms with E-state index in [0.29, 0.717) is 22.4 Å². The highest BCUT2D eigenvalue weighted by Crippen LogP contribution is 2.21. The lowest BCUT2D eigenvalue weighted by atomic mass is 10.1. The summed E-state index contributed by atoms with van der Waals surface area (Å²) in [5, 5.41) is 4.62. The minimum atomic E-state index is -0.384. The lowest BCUT2D eigenvalue weighted by Crippen LogP contribution is -2.14. The predicted octanol–water partition coefficient (Wildman–Crippen LogP) is 4.07. The van der Waals surface area contributed by atoms with Crippen molar-refractivity contribution >= 4 is 39.4 Å². The molecule has 5 rings (SSSR count). The number of nitrogens with zero attached hydrogens (tertiary/aromatic N) is 3. The van der Waals surface area contributed by atoms with Crippen LogP contribution in [0.25, 0.3) is 21.8 Å². The van der Waals surface area contributed by atoms with Crippen LogP contribution >= 0.6 is 0 Å². The summed E-state index contributed by atoms with van der Waals surface area (Å²) in [6.07, 6.45) is 4.38. The van der Waals surface area contributed by atoms with Crippen LogP contribution in [-0.2, 0) is 12.8 Å². The van der Waals surface area contributed by atoms with Crippen LogP contribution in [0.2, 0.25) is 0 Å². The van der Waals surface area contributed by atoms with Crippen LogP contribution in [0.5, 0.6) is 0 Å². The van der Waals surface area contributed by atoms with Crippen LogP contribution < -0.4 is 5.32 Å². The molecule has 3 N–H and O–H groups in total. The van der Waals surface area contributed by atoms with Gasteiger partial charge in [0.2, 0.25) is 5.95 Å². The third kappa shape index (κ3) is 3.74. The highest BCUT2D eigenvalue weighted by molar-refractivity contribution is 6.08. The van der Waals surface area contributed by atoms with Crippen molar-refractivity contribution in [2.75, 3.05) is 5.32 Å². The number of aromatic amines is 2. The number of pyridine rings is 1. The Balaban J connectivity index is 1.39. The fourth-order valence-electron chi connectivity index (χ4n) is 3.62. The number of hydrogen-bond acceptors (Lipinski definition) is 5. The van der Waals surface area contributed by atoms with Crippen molar-refractivity contribution in [1.29, 1.82) is 0 Å². The highest BCUT2D eigenvalue weighted by atomic mass is 16.2. The van der Waals surface area contributed by atoms with Gasteiger partial charge in [0.1, 0.15) is 17.0 Å². The van der Waals surface area contributed by atoms with Gasteiger partial charge in [-0.3, -0.25) is 19.9 Å². The van der Waals surface area contributed by atoms with Crippen molar-refractivity contribution in [3.05, 3.63) is 83.7 Å². The number of carbonyl (C=O) groups is 2. The normalized spacial score (nSPS) is 11.2. The lowest BCUT2D eigenvalue weighted by molar-refractivity contribution is 0.0990. The zero-order chi connectivity index (χ0) is 22.1. The maximum Gasteiger partial charge on any atom is 0.276 e. The number of para-hydroxylation sites is 1. The molecule has 32 heavy (non-hydrogen) atoms. The Labute approximate surface area is 183 Å². The first-order valence-electron chi connectivity index (χ1n) is 10.3. The number of fused-ring (bicyclic) bond motifs is 2. The lowest BCUT2D eigenvalue weighted by Gasteiger charge is -2.03. The average Bonchev–Trinajstić information content (AvgIpc) is 3.44. The average molecular weight is 424 g/mol. The van der Waals surface area contributed by atoms with Crippen LogP contribution in [0, 0.1) is 0 Å². The number of ketones is 1. The zero-order valence-electron chi connectivity index (χ0n) is 17.3. The molecule has 1 amide bonds. The molecule has 0 spiro atoms. The van der Waals surface area contributed by atoms with Gasteiger partial charge in [-0.25, -0.2) is 9.97 Å². The van der Waals surface area contributed by atoms with E-state index in [9.17, 15) is 9.59 Å². The van der Waals surface area contributed by atoms with Crippen molar-refractivity contribution in [2.24, 2.45) is 0 Å². The molecule has 0 aliphatic heterocycles. The molecule has 158 valence electrons. The molecule has 0 atom stereocenters. The van der Waals surface area contributed by atoms with Crippen LogP contribution in [0.1, 0.15) is 39.3 Å². The molecular formula is C24H20N6O2. The Morgan fingerprint density at radius 2 is 1.81 bits per heavy atom. The van der Waals surface area contributed by atoms with Gasteiger partial charge in [-0.2, -0.15) is 0 Å². The number of benzene rings is 2. The maximum absolute atomic E-state index is 12.9. The summed E-state index contributed by atoms with van der Waals surface area (Å²) < 4.78 is 0. The molecule has 0 saturated heterocycles. The number of aryl methyl sites for hydroxylation is 1. The molecule has 0 unspecified atom stereocenters. The molecule has 0 aliphatic rings. The number of H-pyrrole nitrogens is 2. The van der Waals surface area contributed by atoms with Gasteiger partial charge >= 0.3 is 0 Å². The van der Waals surface area contributed by atoms with E-state index in [-0.39, 0.29) is 29.8 Å². The van der Waals surface area contributed by atoms with Gasteiger partial charge in [-0.05, 0) is 30.0 Å². The molecule has 3 aromatic heterocycles. The third-order valence-electron chi connectivity index (χ3n) is 5.30. The van der Waals surface area contributed by atoms with E-state index in [1.165, 1.54) is 0 Å². The highest BCUT2D eigenvalue weighted by Gasteiger charge is 2.17. The van der Waals surface area contributed by atoms with E-state index in [4.69, 9.17) is 0 Å². The summed E-state index contributed by atoms with van der Waals surface area (Å²) in [6, 6.07) is 14.7. The van der Waals surface area contributed by atoms with Crippen LogP contribution in [0.3, 0.4) is 0 Å². The second-order valence-electron chi connectivity index (χ2n) is 7.47. The van der Waals surface area contributed by atoms with Gasteiger partial charge in [0, 0.05) is 29.0 Å². The minimum absolute atomic E-state index is 0.104. The molecule has 8 nitrogen and oxygen atoms in total. The summed E-state index contributed by atoms with van der Waals surface area (Å²) in [7, 11) is 0. The fourth-order valence-corrected chi connectivity index (χ4v) is 3.62. The number of aromatic nitrogens is 5. The summed E-state index contributed by atoms with van der Waals surface area (Å²) in [4.78, 5) is 44.8. The number of hydrogen-bond donors (Lipinski definition) is 3. The second-order valence-corrected chi connectivity index (χ2v) is 7.47. The Kier molecular flexibility index (Phi) is 4.95. The molecule has 0 saturated carbocycles. The zero-order valence-corrected chi connectivity index (χ0v) is 17.3. The van der Waals surface area contributed by atoms with Crippen molar-refractivity contribution in [3.8, 4) is 0 Å². The van der Waals surface area contributed by atoms with Crippen molar-refractivity contribution in [1.82, 2.24) is 24.9 Å². The molecule has 0 bridgehead atoms. The van der Waals surface area contributed by atoms with Crippen molar-refractivity contribution < 1.29 is 9.59 Å². The summed E-state index contributed by atoms with van der Waals surface area (Å²) >= 11 is 0. The van der Waals surface area contributed by atoms with E-state index in [1.807, 2.05) is 37.3 Å². The predicted molar refractivity (Wildman–Crippen MR) is 122 cm³/mol. The molecule has 8 heteroatoms. The van der Waals surface area contributed by atoms with Crippen LogP contribution in [-0.4, -0.2) is 36.6 Å². The summed E-state index contributed by atoms with van der Waals surface area (Å²) in [6.45, 7) is 2.02. The van der Waals surface area contributed by atoms with Crippen LogP contribution in [0.15, 0.2) is 60.9 Å². The first-order chi connectivity index (χ1) is 15.6. The maximum atomic E-state index is 12.9. The van der Waals surface area contributed by atoms with Gasteiger partial charge in [0.05, 0.1) is 11.9 Å². The summed E-state index contributed by atoms with van der Waals surface area (Å²) in [5.74, 6) is 0.389. The van der Waals surface area contributed by atoms with E-state index in [1.54, 1.807) is 30.6 Å². The van der Waals surface area contributed by atoms with Gasteiger partial charge in [-0.1, -0.05) is 37.3 Å². The largest absolute Gasteiger partial charge is 0.346 e. The van der Waals surface area contributed by atoms with Gasteiger partial charge in [0.25, 0.3) is 5.91 Å². The van der Waals surface area contributed by atoms with E-state index < -0.39 is 0 Å². The number of anilines is 1. The van der Waals surface area contributed by atoms with E-state index >= 15 is 0 Å². The Bertz CT molecular complexity index is 1470. The van der Waals surface area contributed by atoms with Gasteiger partial charge in [-0.15, -0.1) is 0 Å².